The standard InChI is InChI=1S/C12H9N3O2S/c1-17-11(16)9-10(18-12(14)15-9)8-4-2-7(6-13)3-5-8/h2-5H,1H3,(H2,14,15). The molecule has 2 aromatic rings. The Labute approximate surface area is 107 Å². The van der Waals surface area contributed by atoms with E-state index in [0.29, 0.717) is 15.6 Å². The summed E-state index contributed by atoms with van der Waals surface area (Å²) in [6.45, 7) is 0. The zero-order valence-corrected chi connectivity index (χ0v) is 10.3. The SMILES string of the molecule is COC(=O)c1nc(N)sc1-c1ccc(C#N)cc1. The van der Waals surface area contributed by atoms with Crippen LogP contribution in [0.5, 0.6) is 0 Å². The van der Waals surface area contributed by atoms with Crippen LogP contribution in [0.3, 0.4) is 0 Å². The van der Waals surface area contributed by atoms with Crippen molar-refractivity contribution in [1.82, 2.24) is 4.98 Å². The van der Waals surface area contributed by atoms with Gasteiger partial charge in [0.2, 0.25) is 0 Å². The summed E-state index contributed by atoms with van der Waals surface area (Å²) < 4.78 is 4.65. The lowest BCUT2D eigenvalue weighted by Gasteiger charge is -2.00. The number of carbonyl (C=O) groups is 1. The van der Waals surface area contributed by atoms with Gasteiger partial charge in [-0.15, -0.1) is 0 Å². The van der Waals surface area contributed by atoms with E-state index in [1.54, 1.807) is 24.3 Å². The number of nitrogens with zero attached hydrogens (tertiary/aromatic N) is 2. The minimum atomic E-state index is -0.526. The summed E-state index contributed by atoms with van der Waals surface area (Å²) in [4.78, 5) is 16.2. The lowest BCUT2D eigenvalue weighted by Crippen LogP contribution is -2.03. The fourth-order valence-electron chi connectivity index (χ4n) is 1.46. The van der Waals surface area contributed by atoms with E-state index in [9.17, 15) is 4.79 Å². The van der Waals surface area contributed by atoms with E-state index in [1.807, 2.05) is 6.07 Å². The van der Waals surface area contributed by atoms with Crippen LogP contribution in [-0.4, -0.2) is 18.1 Å². The van der Waals surface area contributed by atoms with E-state index in [4.69, 9.17) is 11.0 Å². The number of hydrogen-bond acceptors (Lipinski definition) is 6. The van der Waals surface area contributed by atoms with E-state index >= 15 is 0 Å². The van der Waals surface area contributed by atoms with Gasteiger partial charge in [-0.2, -0.15) is 5.26 Å². The Kier molecular flexibility index (Phi) is 3.26. The molecule has 0 radical (unpaired) electrons. The molecular weight excluding hydrogens is 250 g/mol. The highest BCUT2D eigenvalue weighted by atomic mass is 32.1. The zero-order chi connectivity index (χ0) is 13.1. The number of carbonyl (C=O) groups excluding carboxylic acids is 1. The first kappa shape index (κ1) is 12.1. The Bertz CT molecular complexity index is 626. The second-order valence-corrected chi connectivity index (χ2v) is 4.44. The zero-order valence-electron chi connectivity index (χ0n) is 9.51. The molecule has 0 aliphatic heterocycles. The third-order valence-corrected chi connectivity index (χ3v) is 3.23. The molecule has 0 saturated heterocycles. The van der Waals surface area contributed by atoms with Gasteiger partial charge in [0.05, 0.1) is 23.6 Å². The molecule has 0 aliphatic carbocycles. The number of nitrogen functional groups attached to an aromatic ring is 1. The van der Waals surface area contributed by atoms with Gasteiger partial charge in [-0.05, 0) is 17.7 Å². The number of aromatic nitrogens is 1. The van der Waals surface area contributed by atoms with Crippen LogP contribution in [-0.2, 0) is 4.74 Å². The molecule has 0 spiro atoms. The average molecular weight is 259 g/mol. The number of benzene rings is 1. The van der Waals surface area contributed by atoms with E-state index in [-0.39, 0.29) is 5.69 Å². The molecule has 0 unspecified atom stereocenters. The third kappa shape index (κ3) is 2.17. The smallest absolute Gasteiger partial charge is 0.358 e. The molecule has 0 saturated carbocycles. The van der Waals surface area contributed by atoms with Crippen molar-refractivity contribution in [2.75, 3.05) is 12.8 Å². The van der Waals surface area contributed by atoms with Gasteiger partial charge in [-0.3, -0.25) is 0 Å². The molecular formula is C12H9N3O2S. The predicted molar refractivity (Wildman–Crippen MR) is 68.0 cm³/mol. The Balaban J connectivity index is 2.49. The Morgan fingerprint density at radius 3 is 2.67 bits per heavy atom. The quantitative estimate of drug-likeness (QED) is 0.834. The first-order chi connectivity index (χ1) is 8.65. The van der Waals surface area contributed by atoms with Crippen molar-refractivity contribution in [2.45, 2.75) is 0 Å². The second kappa shape index (κ2) is 4.85. The molecule has 0 atom stereocenters. The summed E-state index contributed by atoms with van der Waals surface area (Å²) in [7, 11) is 1.29. The highest BCUT2D eigenvalue weighted by molar-refractivity contribution is 7.19. The van der Waals surface area contributed by atoms with Gasteiger partial charge in [0.1, 0.15) is 0 Å². The Hall–Kier alpha value is -2.39. The first-order valence-corrected chi connectivity index (χ1v) is 5.82. The fourth-order valence-corrected chi connectivity index (χ4v) is 2.29. The number of ether oxygens (including phenoxy) is 1. The summed E-state index contributed by atoms with van der Waals surface area (Å²) >= 11 is 1.21. The number of methoxy groups -OCH3 is 1. The van der Waals surface area contributed by atoms with Gasteiger partial charge in [-0.1, -0.05) is 23.5 Å². The topological polar surface area (TPSA) is 89.0 Å². The summed E-state index contributed by atoms with van der Waals surface area (Å²) in [5.41, 5.74) is 7.14. The van der Waals surface area contributed by atoms with Crippen molar-refractivity contribution in [2.24, 2.45) is 0 Å². The predicted octanol–water partition coefficient (Wildman–Crippen LogP) is 2.05. The number of rotatable bonds is 2. The maximum Gasteiger partial charge on any atom is 0.358 e. The van der Waals surface area contributed by atoms with Gasteiger partial charge < -0.3 is 10.5 Å². The lowest BCUT2D eigenvalue weighted by atomic mass is 10.1. The van der Waals surface area contributed by atoms with Crippen molar-refractivity contribution < 1.29 is 9.53 Å². The molecule has 1 aromatic carbocycles. The van der Waals surface area contributed by atoms with Crippen LogP contribution in [0, 0.1) is 11.3 Å². The lowest BCUT2D eigenvalue weighted by molar-refractivity contribution is 0.0596. The highest BCUT2D eigenvalue weighted by Crippen LogP contribution is 2.32. The van der Waals surface area contributed by atoms with Crippen LogP contribution >= 0.6 is 11.3 Å². The van der Waals surface area contributed by atoms with Crippen LogP contribution < -0.4 is 5.73 Å². The summed E-state index contributed by atoms with van der Waals surface area (Å²) in [5, 5.41) is 9.03. The Morgan fingerprint density at radius 1 is 1.44 bits per heavy atom. The molecule has 18 heavy (non-hydrogen) atoms. The van der Waals surface area contributed by atoms with Crippen LogP contribution in [0.25, 0.3) is 10.4 Å². The number of hydrogen-bond donors (Lipinski definition) is 1. The fraction of sp³-hybridized carbons (Fsp3) is 0.0833. The number of thiazole rings is 1. The summed E-state index contributed by atoms with van der Waals surface area (Å²) in [5.74, 6) is -0.526. The van der Waals surface area contributed by atoms with Gasteiger partial charge in [0.25, 0.3) is 0 Å². The van der Waals surface area contributed by atoms with E-state index in [1.165, 1.54) is 18.4 Å². The van der Waals surface area contributed by atoms with Crippen molar-refractivity contribution in [1.29, 1.82) is 5.26 Å². The van der Waals surface area contributed by atoms with Gasteiger partial charge in [-0.25, -0.2) is 9.78 Å². The molecule has 90 valence electrons. The van der Waals surface area contributed by atoms with Gasteiger partial charge in [0.15, 0.2) is 10.8 Å². The first-order valence-electron chi connectivity index (χ1n) is 5.01. The van der Waals surface area contributed by atoms with Crippen molar-refractivity contribution in [3.63, 3.8) is 0 Å². The molecule has 6 heteroatoms. The van der Waals surface area contributed by atoms with Gasteiger partial charge >= 0.3 is 5.97 Å². The number of nitriles is 1. The highest BCUT2D eigenvalue weighted by Gasteiger charge is 2.19. The van der Waals surface area contributed by atoms with E-state index in [0.717, 1.165) is 5.56 Å². The molecule has 2 rings (SSSR count). The molecule has 5 nitrogen and oxygen atoms in total. The van der Waals surface area contributed by atoms with Gasteiger partial charge in [0, 0.05) is 0 Å². The number of esters is 1. The molecule has 0 aliphatic rings. The van der Waals surface area contributed by atoms with Crippen LogP contribution in [0.1, 0.15) is 16.1 Å². The monoisotopic (exact) mass is 259 g/mol. The van der Waals surface area contributed by atoms with Crippen LogP contribution in [0.2, 0.25) is 0 Å². The minimum Gasteiger partial charge on any atom is -0.464 e. The van der Waals surface area contributed by atoms with Crippen LogP contribution in [0.15, 0.2) is 24.3 Å². The third-order valence-electron chi connectivity index (χ3n) is 2.30. The Morgan fingerprint density at radius 2 is 2.11 bits per heavy atom. The molecule has 1 heterocycles. The minimum absolute atomic E-state index is 0.199. The summed E-state index contributed by atoms with van der Waals surface area (Å²) in [6.07, 6.45) is 0. The largest absolute Gasteiger partial charge is 0.464 e. The van der Waals surface area contributed by atoms with E-state index < -0.39 is 5.97 Å². The van der Waals surface area contributed by atoms with E-state index in [2.05, 4.69) is 9.72 Å². The molecule has 0 fully saturated rings. The van der Waals surface area contributed by atoms with Crippen molar-refractivity contribution >= 4 is 22.4 Å². The summed E-state index contributed by atoms with van der Waals surface area (Å²) in [6, 6.07) is 8.87. The maximum atomic E-state index is 11.6. The average Bonchev–Trinajstić information content (AvgIpc) is 2.80. The normalized spacial score (nSPS) is 9.78. The van der Waals surface area contributed by atoms with Crippen molar-refractivity contribution in [3.8, 4) is 16.5 Å². The van der Waals surface area contributed by atoms with Crippen LogP contribution in [0.4, 0.5) is 5.13 Å². The molecule has 1 aromatic heterocycles. The molecule has 0 bridgehead atoms. The molecule has 0 amide bonds. The second-order valence-electron chi connectivity index (χ2n) is 3.41. The van der Waals surface area contributed by atoms with Crippen molar-refractivity contribution in [3.05, 3.63) is 35.5 Å². The number of anilines is 1. The molecule has 2 N–H and O–H groups in total. The maximum absolute atomic E-state index is 11.6. The number of nitrogens with two attached hydrogens (primary N) is 1.